The highest BCUT2D eigenvalue weighted by Gasteiger charge is 2.06. The molecular formula is C17H15BrN4O2S. The van der Waals surface area contributed by atoms with Crippen molar-refractivity contribution < 1.29 is 9.53 Å². The summed E-state index contributed by atoms with van der Waals surface area (Å²) in [4.78, 5) is 19.5. The van der Waals surface area contributed by atoms with Crippen LogP contribution in [0.5, 0.6) is 5.75 Å². The van der Waals surface area contributed by atoms with Crippen molar-refractivity contribution in [3.05, 3.63) is 52.5 Å². The van der Waals surface area contributed by atoms with E-state index in [1.54, 1.807) is 13.3 Å². The van der Waals surface area contributed by atoms with Crippen molar-refractivity contribution >= 4 is 50.8 Å². The van der Waals surface area contributed by atoms with Gasteiger partial charge in [-0.2, -0.15) is 5.10 Å². The van der Waals surface area contributed by atoms with E-state index in [0.717, 1.165) is 21.1 Å². The summed E-state index contributed by atoms with van der Waals surface area (Å²) in [6.07, 6.45) is 1.55. The Morgan fingerprint density at radius 1 is 1.40 bits per heavy atom. The number of ether oxygens (including phenoxy) is 1. The number of hydrazone groups is 1. The molecule has 0 aliphatic heterocycles. The smallest absolute Gasteiger partial charge is 0.250 e. The number of hydrogen-bond acceptors (Lipinski definition) is 5. The van der Waals surface area contributed by atoms with Gasteiger partial charge in [0.2, 0.25) is 0 Å². The summed E-state index contributed by atoms with van der Waals surface area (Å²) in [5.74, 6) is 0.681. The van der Waals surface area contributed by atoms with Gasteiger partial charge in [-0.15, -0.1) is 0 Å². The van der Waals surface area contributed by atoms with Crippen LogP contribution in [-0.4, -0.2) is 35.0 Å². The fraction of sp³-hybridized carbons (Fsp3) is 0.118. The van der Waals surface area contributed by atoms with Crippen LogP contribution in [0.15, 0.2) is 57.2 Å². The Bertz CT molecular complexity index is 893. The third-order valence-electron chi connectivity index (χ3n) is 3.29. The van der Waals surface area contributed by atoms with Crippen LogP contribution < -0.4 is 10.2 Å². The number of benzene rings is 2. The molecule has 0 saturated carbocycles. The summed E-state index contributed by atoms with van der Waals surface area (Å²) in [7, 11) is 1.59. The molecule has 1 amide bonds. The van der Waals surface area contributed by atoms with Gasteiger partial charge in [-0.1, -0.05) is 39.8 Å². The number of halogens is 1. The van der Waals surface area contributed by atoms with Gasteiger partial charge in [0.1, 0.15) is 5.75 Å². The average Bonchev–Trinajstić information content (AvgIpc) is 3.03. The quantitative estimate of drug-likeness (QED) is 0.364. The van der Waals surface area contributed by atoms with Gasteiger partial charge in [0, 0.05) is 10.0 Å². The van der Waals surface area contributed by atoms with Crippen LogP contribution in [0.1, 0.15) is 5.56 Å². The molecule has 3 aromatic rings. The fourth-order valence-electron chi connectivity index (χ4n) is 2.14. The maximum atomic E-state index is 11.9. The number of hydrogen-bond donors (Lipinski definition) is 2. The lowest BCUT2D eigenvalue weighted by atomic mass is 10.2. The molecule has 0 unspecified atom stereocenters. The first kappa shape index (κ1) is 17.5. The zero-order chi connectivity index (χ0) is 17.6. The number of fused-ring (bicyclic) bond motifs is 1. The molecule has 8 heteroatoms. The summed E-state index contributed by atoms with van der Waals surface area (Å²) in [5.41, 5.74) is 5.10. The van der Waals surface area contributed by atoms with Crippen molar-refractivity contribution in [2.45, 2.75) is 5.16 Å². The maximum absolute atomic E-state index is 11.9. The van der Waals surface area contributed by atoms with Gasteiger partial charge in [0.05, 0.1) is 30.1 Å². The lowest BCUT2D eigenvalue weighted by Crippen LogP contribution is -2.19. The van der Waals surface area contributed by atoms with Crippen LogP contribution >= 0.6 is 27.7 Å². The zero-order valence-corrected chi connectivity index (χ0v) is 15.7. The lowest BCUT2D eigenvalue weighted by molar-refractivity contribution is -0.118. The summed E-state index contributed by atoms with van der Waals surface area (Å²) < 4.78 is 6.15. The van der Waals surface area contributed by atoms with Crippen LogP contribution in [0.4, 0.5) is 0 Å². The molecule has 0 spiro atoms. The molecule has 25 heavy (non-hydrogen) atoms. The molecule has 0 bridgehead atoms. The van der Waals surface area contributed by atoms with Crippen LogP contribution in [0, 0.1) is 0 Å². The van der Waals surface area contributed by atoms with E-state index in [2.05, 4.69) is 36.4 Å². The summed E-state index contributed by atoms with van der Waals surface area (Å²) in [6.45, 7) is 0. The SMILES string of the molecule is COc1ccc(Br)cc1C=NNC(=O)CSc1nc2ccccc2[nH]1. The van der Waals surface area contributed by atoms with Gasteiger partial charge < -0.3 is 9.72 Å². The van der Waals surface area contributed by atoms with Crippen LogP contribution in [0.25, 0.3) is 11.0 Å². The first-order valence-electron chi connectivity index (χ1n) is 7.38. The minimum Gasteiger partial charge on any atom is -0.496 e. The van der Waals surface area contributed by atoms with Gasteiger partial charge in [-0.25, -0.2) is 10.4 Å². The number of aromatic amines is 1. The van der Waals surface area contributed by atoms with Gasteiger partial charge in [0.25, 0.3) is 5.91 Å². The molecule has 128 valence electrons. The van der Waals surface area contributed by atoms with Crippen molar-refractivity contribution in [1.82, 2.24) is 15.4 Å². The van der Waals surface area contributed by atoms with E-state index in [9.17, 15) is 4.79 Å². The normalized spacial score (nSPS) is 11.1. The summed E-state index contributed by atoms with van der Waals surface area (Å²) in [5, 5.41) is 4.68. The molecule has 0 fully saturated rings. The Labute approximate surface area is 157 Å². The van der Waals surface area contributed by atoms with E-state index in [0.29, 0.717) is 10.9 Å². The van der Waals surface area contributed by atoms with E-state index in [4.69, 9.17) is 4.74 Å². The molecule has 0 radical (unpaired) electrons. The van der Waals surface area contributed by atoms with Gasteiger partial charge in [-0.3, -0.25) is 4.79 Å². The molecular weight excluding hydrogens is 404 g/mol. The molecule has 0 saturated heterocycles. The fourth-order valence-corrected chi connectivity index (χ4v) is 3.20. The van der Waals surface area contributed by atoms with E-state index in [-0.39, 0.29) is 11.7 Å². The highest BCUT2D eigenvalue weighted by molar-refractivity contribution is 9.10. The Morgan fingerprint density at radius 3 is 3.04 bits per heavy atom. The number of H-pyrrole nitrogens is 1. The van der Waals surface area contributed by atoms with Crippen molar-refractivity contribution in [3.8, 4) is 5.75 Å². The third kappa shape index (κ3) is 4.61. The number of amides is 1. The number of aromatic nitrogens is 2. The number of nitrogens with zero attached hydrogens (tertiary/aromatic N) is 2. The second kappa shape index (κ2) is 8.17. The zero-order valence-electron chi connectivity index (χ0n) is 13.3. The Balaban J connectivity index is 1.55. The molecule has 0 aliphatic rings. The van der Waals surface area contributed by atoms with Crippen molar-refractivity contribution in [2.75, 3.05) is 12.9 Å². The van der Waals surface area contributed by atoms with E-state index < -0.39 is 0 Å². The first-order valence-corrected chi connectivity index (χ1v) is 9.16. The molecule has 6 nitrogen and oxygen atoms in total. The van der Waals surface area contributed by atoms with Gasteiger partial charge in [-0.05, 0) is 30.3 Å². The van der Waals surface area contributed by atoms with Gasteiger partial charge in [0.15, 0.2) is 5.16 Å². The molecule has 2 N–H and O–H groups in total. The standard InChI is InChI=1S/C17H15BrN4O2S/c1-24-15-7-6-12(18)8-11(15)9-19-22-16(23)10-25-17-20-13-4-2-3-5-14(13)21-17/h2-9H,10H2,1H3,(H,20,21)(H,22,23). The minimum atomic E-state index is -0.212. The van der Waals surface area contributed by atoms with Crippen LogP contribution in [-0.2, 0) is 4.79 Å². The van der Waals surface area contributed by atoms with Crippen LogP contribution in [0.3, 0.4) is 0 Å². The number of methoxy groups -OCH3 is 1. The number of carbonyl (C=O) groups is 1. The number of nitrogens with one attached hydrogen (secondary N) is 2. The van der Waals surface area contributed by atoms with Gasteiger partial charge >= 0.3 is 0 Å². The van der Waals surface area contributed by atoms with E-state index in [1.807, 2.05) is 42.5 Å². The minimum absolute atomic E-state index is 0.212. The molecule has 2 aromatic carbocycles. The summed E-state index contributed by atoms with van der Waals surface area (Å²) >= 11 is 4.72. The summed E-state index contributed by atoms with van der Waals surface area (Å²) in [6, 6.07) is 13.3. The predicted octanol–water partition coefficient (Wildman–Crippen LogP) is 3.58. The average molecular weight is 419 g/mol. The molecule has 0 atom stereocenters. The van der Waals surface area contributed by atoms with Crippen LogP contribution in [0.2, 0.25) is 0 Å². The second-order valence-electron chi connectivity index (χ2n) is 5.03. The first-order chi connectivity index (χ1) is 12.2. The monoisotopic (exact) mass is 418 g/mol. The van der Waals surface area contributed by atoms with Crippen molar-refractivity contribution in [3.63, 3.8) is 0 Å². The number of para-hydroxylation sites is 2. The number of imidazole rings is 1. The molecule has 1 aromatic heterocycles. The molecule has 3 rings (SSSR count). The molecule has 1 heterocycles. The highest BCUT2D eigenvalue weighted by atomic mass is 79.9. The second-order valence-corrected chi connectivity index (χ2v) is 6.91. The van der Waals surface area contributed by atoms with Crippen molar-refractivity contribution in [2.24, 2.45) is 5.10 Å². The Kier molecular flexibility index (Phi) is 5.72. The predicted molar refractivity (Wildman–Crippen MR) is 103 cm³/mol. The maximum Gasteiger partial charge on any atom is 0.250 e. The Hall–Kier alpha value is -2.32. The Morgan fingerprint density at radius 2 is 2.24 bits per heavy atom. The topological polar surface area (TPSA) is 79.4 Å². The number of rotatable bonds is 6. The third-order valence-corrected chi connectivity index (χ3v) is 4.66. The molecule has 0 aliphatic carbocycles. The highest BCUT2D eigenvalue weighted by Crippen LogP contribution is 2.21. The lowest BCUT2D eigenvalue weighted by Gasteiger charge is -2.04. The number of carbonyl (C=O) groups excluding carboxylic acids is 1. The largest absolute Gasteiger partial charge is 0.496 e. The van der Waals surface area contributed by atoms with E-state index in [1.165, 1.54) is 11.8 Å². The van der Waals surface area contributed by atoms with E-state index >= 15 is 0 Å². The van der Waals surface area contributed by atoms with Crippen molar-refractivity contribution in [1.29, 1.82) is 0 Å². The number of thioether (sulfide) groups is 1.